The monoisotopic (exact) mass is 353 g/mol. The lowest BCUT2D eigenvalue weighted by Crippen LogP contribution is -2.44. The van der Waals surface area contributed by atoms with Crippen LogP contribution in [-0.4, -0.2) is 25.0 Å². The summed E-state index contributed by atoms with van der Waals surface area (Å²) in [6.07, 6.45) is 0. The number of rotatable bonds is 7. The molecule has 0 aliphatic rings. The van der Waals surface area contributed by atoms with Crippen LogP contribution in [0, 0.1) is 12.8 Å². The molecule has 0 unspecified atom stereocenters. The Morgan fingerprint density at radius 1 is 0.923 bits per heavy atom. The van der Waals surface area contributed by atoms with Crippen LogP contribution in [0.5, 0.6) is 0 Å². The van der Waals surface area contributed by atoms with Crippen molar-refractivity contribution in [2.75, 3.05) is 13.1 Å². The van der Waals surface area contributed by atoms with E-state index in [0.29, 0.717) is 12.5 Å². The summed E-state index contributed by atoms with van der Waals surface area (Å²) in [6.45, 7) is 6.61. The minimum Gasteiger partial charge on any atom is -0.338 e. The smallest absolute Gasteiger partial charge is 0.321 e. The average Bonchev–Trinajstić information content (AvgIpc) is 2.62. The number of urea groups is 1. The Balaban J connectivity index is 2.00. The van der Waals surface area contributed by atoms with Gasteiger partial charge >= 0.3 is 6.03 Å². The lowest BCUT2D eigenvalue weighted by molar-refractivity contribution is -0.119. The van der Waals surface area contributed by atoms with Crippen LogP contribution in [0.3, 0.4) is 0 Å². The second kappa shape index (κ2) is 9.73. The molecule has 3 N–H and O–H groups in total. The molecule has 0 radical (unpaired) electrons. The van der Waals surface area contributed by atoms with Crippen LogP contribution in [-0.2, 0) is 4.79 Å². The number of aryl methyl sites for hydroxylation is 1. The van der Waals surface area contributed by atoms with Gasteiger partial charge in [-0.05, 0) is 24.0 Å². The highest BCUT2D eigenvalue weighted by Gasteiger charge is 2.16. The maximum atomic E-state index is 12.1. The molecule has 0 fully saturated rings. The van der Waals surface area contributed by atoms with Gasteiger partial charge in [-0.1, -0.05) is 74.0 Å². The molecule has 0 aromatic heterocycles. The number of imide groups is 1. The summed E-state index contributed by atoms with van der Waals surface area (Å²) in [6, 6.07) is 17.5. The molecule has 3 amide bonds. The number of carbonyl (C=O) groups is 2. The standard InChI is InChI=1S/C21H27N3O2/c1-15(2)13-23-21(26)24-19(25)14-22-20(17-7-5-4-6-8-17)18-11-9-16(3)10-12-18/h4-12,15,20,22H,13-14H2,1-3H3,(H2,23,24,25,26)/t20-/m0/s1. The topological polar surface area (TPSA) is 70.2 Å². The summed E-state index contributed by atoms with van der Waals surface area (Å²) in [5, 5.41) is 8.27. The third-order valence-corrected chi connectivity index (χ3v) is 3.93. The molecule has 0 aliphatic carbocycles. The zero-order valence-electron chi connectivity index (χ0n) is 15.6. The van der Waals surface area contributed by atoms with Crippen LogP contribution in [0.15, 0.2) is 54.6 Å². The molecule has 26 heavy (non-hydrogen) atoms. The van der Waals surface area contributed by atoms with Crippen molar-refractivity contribution >= 4 is 11.9 Å². The summed E-state index contributed by atoms with van der Waals surface area (Å²) < 4.78 is 0. The lowest BCUT2D eigenvalue weighted by Gasteiger charge is -2.20. The fourth-order valence-corrected chi connectivity index (χ4v) is 2.54. The van der Waals surface area contributed by atoms with E-state index in [0.717, 1.165) is 11.1 Å². The zero-order chi connectivity index (χ0) is 18.9. The van der Waals surface area contributed by atoms with E-state index in [9.17, 15) is 9.59 Å². The van der Waals surface area contributed by atoms with E-state index < -0.39 is 6.03 Å². The Morgan fingerprint density at radius 2 is 1.54 bits per heavy atom. The van der Waals surface area contributed by atoms with Crippen molar-refractivity contribution < 1.29 is 9.59 Å². The second-order valence-corrected chi connectivity index (χ2v) is 6.79. The highest BCUT2D eigenvalue weighted by atomic mass is 16.2. The number of amides is 3. The molecule has 0 bridgehead atoms. The average molecular weight is 353 g/mol. The molecule has 5 heteroatoms. The number of hydrogen-bond donors (Lipinski definition) is 3. The van der Waals surface area contributed by atoms with Crippen LogP contribution >= 0.6 is 0 Å². The first-order valence-electron chi connectivity index (χ1n) is 8.88. The van der Waals surface area contributed by atoms with E-state index in [4.69, 9.17) is 0 Å². The van der Waals surface area contributed by atoms with E-state index in [-0.39, 0.29) is 18.5 Å². The highest BCUT2D eigenvalue weighted by Crippen LogP contribution is 2.22. The third-order valence-electron chi connectivity index (χ3n) is 3.93. The predicted molar refractivity (Wildman–Crippen MR) is 104 cm³/mol. The van der Waals surface area contributed by atoms with Gasteiger partial charge in [-0.25, -0.2) is 4.79 Å². The Hall–Kier alpha value is -2.66. The van der Waals surface area contributed by atoms with Crippen LogP contribution in [0.4, 0.5) is 4.79 Å². The van der Waals surface area contributed by atoms with Gasteiger partial charge in [0.15, 0.2) is 0 Å². The SMILES string of the molecule is Cc1ccc([C@@H](NCC(=O)NC(=O)NCC(C)C)c2ccccc2)cc1. The van der Waals surface area contributed by atoms with Gasteiger partial charge in [0.2, 0.25) is 5.91 Å². The van der Waals surface area contributed by atoms with E-state index in [1.165, 1.54) is 5.56 Å². The van der Waals surface area contributed by atoms with Crippen LogP contribution < -0.4 is 16.0 Å². The number of benzene rings is 2. The first-order valence-corrected chi connectivity index (χ1v) is 8.88. The van der Waals surface area contributed by atoms with Crippen molar-refractivity contribution in [2.45, 2.75) is 26.8 Å². The molecule has 0 aliphatic heterocycles. The normalized spacial score (nSPS) is 11.8. The van der Waals surface area contributed by atoms with E-state index in [1.807, 2.05) is 75.4 Å². The van der Waals surface area contributed by atoms with Crippen LogP contribution in [0.2, 0.25) is 0 Å². The van der Waals surface area contributed by atoms with Gasteiger partial charge in [-0.2, -0.15) is 0 Å². The maximum Gasteiger partial charge on any atom is 0.321 e. The molecule has 2 aromatic rings. The largest absolute Gasteiger partial charge is 0.338 e. The molecule has 1 atom stereocenters. The summed E-state index contributed by atoms with van der Waals surface area (Å²) in [5.74, 6) is -0.0303. The van der Waals surface area contributed by atoms with Gasteiger partial charge in [0, 0.05) is 6.54 Å². The lowest BCUT2D eigenvalue weighted by atomic mass is 9.98. The molecule has 0 spiro atoms. The molecule has 2 aromatic carbocycles. The maximum absolute atomic E-state index is 12.1. The fourth-order valence-electron chi connectivity index (χ4n) is 2.54. The molecule has 0 heterocycles. The number of carbonyl (C=O) groups excluding carboxylic acids is 2. The summed E-state index contributed by atoms with van der Waals surface area (Å²) in [5.41, 5.74) is 3.31. The summed E-state index contributed by atoms with van der Waals surface area (Å²) in [7, 11) is 0. The molecular formula is C21H27N3O2. The van der Waals surface area contributed by atoms with Crippen molar-refractivity contribution in [3.05, 3.63) is 71.3 Å². The Labute approximate surface area is 155 Å². The van der Waals surface area contributed by atoms with Crippen LogP contribution in [0.1, 0.15) is 36.6 Å². The molecule has 0 saturated heterocycles. The molecule has 0 saturated carbocycles. The fraction of sp³-hybridized carbons (Fsp3) is 0.333. The molecule has 138 valence electrons. The quantitative estimate of drug-likeness (QED) is 0.716. The first kappa shape index (κ1) is 19.7. The number of hydrogen-bond acceptors (Lipinski definition) is 3. The van der Waals surface area contributed by atoms with E-state index in [1.54, 1.807) is 0 Å². The number of nitrogens with one attached hydrogen (secondary N) is 3. The van der Waals surface area contributed by atoms with Gasteiger partial charge in [-0.3, -0.25) is 15.4 Å². The predicted octanol–water partition coefficient (Wildman–Crippen LogP) is 3.16. The minimum atomic E-state index is -0.461. The molecule has 2 rings (SSSR count). The van der Waals surface area contributed by atoms with Gasteiger partial charge in [0.05, 0.1) is 12.6 Å². The Kier molecular flexibility index (Phi) is 7.36. The van der Waals surface area contributed by atoms with Gasteiger partial charge in [0.25, 0.3) is 0 Å². The van der Waals surface area contributed by atoms with Gasteiger partial charge in [0.1, 0.15) is 0 Å². The Bertz CT molecular complexity index is 712. The van der Waals surface area contributed by atoms with Crippen molar-refractivity contribution in [1.82, 2.24) is 16.0 Å². The van der Waals surface area contributed by atoms with Crippen molar-refractivity contribution in [1.29, 1.82) is 0 Å². The highest BCUT2D eigenvalue weighted by molar-refractivity contribution is 5.95. The minimum absolute atomic E-state index is 0.0442. The van der Waals surface area contributed by atoms with E-state index >= 15 is 0 Å². The van der Waals surface area contributed by atoms with Crippen molar-refractivity contribution in [3.8, 4) is 0 Å². The first-order chi connectivity index (χ1) is 12.5. The summed E-state index contributed by atoms with van der Waals surface area (Å²) >= 11 is 0. The second-order valence-electron chi connectivity index (χ2n) is 6.79. The van der Waals surface area contributed by atoms with Gasteiger partial charge < -0.3 is 5.32 Å². The van der Waals surface area contributed by atoms with E-state index in [2.05, 4.69) is 16.0 Å². The van der Waals surface area contributed by atoms with Crippen LogP contribution in [0.25, 0.3) is 0 Å². The molecule has 5 nitrogen and oxygen atoms in total. The van der Waals surface area contributed by atoms with Crippen molar-refractivity contribution in [3.63, 3.8) is 0 Å². The third kappa shape index (κ3) is 6.33. The van der Waals surface area contributed by atoms with Crippen molar-refractivity contribution in [2.24, 2.45) is 5.92 Å². The Morgan fingerprint density at radius 3 is 2.15 bits per heavy atom. The zero-order valence-corrected chi connectivity index (χ0v) is 15.6. The molecular weight excluding hydrogens is 326 g/mol. The van der Waals surface area contributed by atoms with Gasteiger partial charge in [-0.15, -0.1) is 0 Å². The summed E-state index contributed by atoms with van der Waals surface area (Å²) in [4.78, 5) is 23.8.